The van der Waals surface area contributed by atoms with Crippen molar-refractivity contribution in [1.82, 2.24) is 5.32 Å². The highest BCUT2D eigenvalue weighted by molar-refractivity contribution is 5.80. The molecule has 126 valence electrons. The molecule has 23 heavy (non-hydrogen) atoms. The molecular formula is C19H26NO3-. The minimum absolute atomic E-state index is 0.0166. The summed E-state index contributed by atoms with van der Waals surface area (Å²) in [5.41, 5.74) is 2.02. The van der Waals surface area contributed by atoms with Crippen LogP contribution in [-0.4, -0.2) is 11.9 Å². The molecular weight excluding hydrogens is 290 g/mol. The van der Waals surface area contributed by atoms with Gasteiger partial charge in [0.05, 0.1) is 6.04 Å². The van der Waals surface area contributed by atoms with E-state index < -0.39 is 12.0 Å². The number of carbonyl (C=O) groups excluding carboxylic acids is 2. The van der Waals surface area contributed by atoms with Crippen LogP contribution in [0.3, 0.4) is 0 Å². The normalized spacial score (nSPS) is 17.0. The first kappa shape index (κ1) is 17.5. The van der Waals surface area contributed by atoms with Crippen molar-refractivity contribution in [2.45, 2.75) is 64.3 Å². The second-order valence-electron chi connectivity index (χ2n) is 6.79. The van der Waals surface area contributed by atoms with E-state index >= 15 is 0 Å². The van der Waals surface area contributed by atoms with Crippen molar-refractivity contribution in [2.75, 3.05) is 0 Å². The number of aliphatic carboxylic acids is 1. The SMILES string of the molecule is CC(C)c1ccc([C@H](CC(=O)[O-])NC(=O)C2CCCCC2)cc1. The van der Waals surface area contributed by atoms with Gasteiger partial charge in [-0.05, 0) is 29.9 Å². The number of amides is 1. The van der Waals surface area contributed by atoms with E-state index in [-0.39, 0.29) is 18.2 Å². The first-order chi connectivity index (χ1) is 11.0. The number of rotatable bonds is 6. The van der Waals surface area contributed by atoms with Crippen molar-refractivity contribution in [3.8, 4) is 0 Å². The van der Waals surface area contributed by atoms with Crippen molar-refractivity contribution >= 4 is 11.9 Å². The zero-order valence-electron chi connectivity index (χ0n) is 14.0. The Kier molecular flexibility index (Phi) is 6.20. The van der Waals surface area contributed by atoms with Crippen LogP contribution in [0.1, 0.15) is 75.5 Å². The third kappa shape index (κ3) is 5.08. The van der Waals surface area contributed by atoms with E-state index in [1.807, 2.05) is 24.3 Å². The van der Waals surface area contributed by atoms with Gasteiger partial charge < -0.3 is 15.2 Å². The maximum atomic E-state index is 12.4. The third-order valence-corrected chi connectivity index (χ3v) is 4.67. The molecule has 4 heteroatoms. The topological polar surface area (TPSA) is 69.2 Å². The summed E-state index contributed by atoms with van der Waals surface area (Å²) in [4.78, 5) is 23.5. The third-order valence-electron chi connectivity index (χ3n) is 4.67. The predicted molar refractivity (Wildman–Crippen MR) is 87.6 cm³/mol. The lowest BCUT2D eigenvalue weighted by atomic mass is 9.88. The van der Waals surface area contributed by atoms with Gasteiger partial charge in [-0.25, -0.2) is 0 Å². The molecule has 1 N–H and O–H groups in total. The number of hydrogen-bond donors (Lipinski definition) is 1. The van der Waals surface area contributed by atoms with Crippen molar-refractivity contribution < 1.29 is 14.7 Å². The Hall–Kier alpha value is -1.84. The van der Waals surface area contributed by atoms with Crippen LogP contribution in [0.4, 0.5) is 0 Å². The average Bonchev–Trinajstić information content (AvgIpc) is 2.54. The Morgan fingerprint density at radius 1 is 1.09 bits per heavy atom. The summed E-state index contributed by atoms with van der Waals surface area (Å²) in [7, 11) is 0. The van der Waals surface area contributed by atoms with Crippen LogP contribution in [0, 0.1) is 5.92 Å². The molecule has 1 fully saturated rings. The summed E-state index contributed by atoms with van der Waals surface area (Å²) in [6.45, 7) is 4.22. The highest BCUT2D eigenvalue weighted by atomic mass is 16.4. The fourth-order valence-corrected chi connectivity index (χ4v) is 3.19. The molecule has 0 aliphatic heterocycles. The van der Waals surface area contributed by atoms with E-state index in [1.54, 1.807) is 0 Å². The van der Waals surface area contributed by atoms with Crippen molar-refractivity contribution in [3.63, 3.8) is 0 Å². The molecule has 0 saturated heterocycles. The smallest absolute Gasteiger partial charge is 0.223 e. The molecule has 1 atom stereocenters. The van der Waals surface area contributed by atoms with E-state index in [2.05, 4.69) is 19.2 Å². The Labute approximate surface area is 138 Å². The highest BCUT2D eigenvalue weighted by Crippen LogP contribution is 2.26. The molecule has 0 spiro atoms. The molecule has 1 aromatic rings. The molecule has 1 aromatic carbocycles. The molecule has 1 aliphatic carbocycles. The van der Waals surface area contributed by atoms with Gasteiger partial charge in [0.1, 0.15) is 0 Å². The van der Waals surface area contributed by atoms with E-state index in [4.69, 9.17) is 0 Å². The quantitative estimate of drug-likeness (QED) is 0.877. The summed E-state index contributed by atoms with van der Waals surface area (Å²) in [6, 6.07) is 7.29. The van der Waals surface area contributed by atoms with Gasteiger partial charge in [0.2, 0.25) is 5.91 Å². The molecule has 0 bridgehead atoms. The minimum atomic E-state index is -1.15. The van der Waals surface area contributed by atoms with Gasteiger partial charge in [0, 0.05) is 18.3 Å². The van der Waals surface area contributed by atoms with Crippen molar-refractivity contribution in [3.05, 3.63) is 35.4 Å². The maximum absolute atomic E-state index is 12.4. The Bertz CT molecular complexity index is 530. The monoisotopic (exact) mass is 316 g/mol. The van der Waals surface area contributed by atoms with E-state index in [0.717, 1.165) is 31.2 Å². The summed E-state index contributed by atoms with van der Waals surface area (Å²) in [5.74, 6) is -0.737. The highest BCUT2D eigenvalue weighted by Gasteiger charge is 2.24. The van der Waals surface area contributed by atoms with Crippen LogP contribution in [0.15, 0.2) is 24.3 Å². The molecule has 1 amide bonds. The lowest BCUT2D eigenvalue weighted by Gasteiger charge is -2.26. The number of hydrogen-bond acceptors (Lipinski definition) is 3. The molecule has 1 saturated carbocycles. The zero-order valence-corrected chi connectivity index (χ0v) is 14.0. The first-order valence-electron chi connectivity index (χ1n) is 8.57. The summed E-state index contributed by atoms with van der Waals surface area (Å²) in [6.07, 6.45) is 4.94. The Morgan fingerprint density at radius 2 is 1.65 bits per heavy atom. The molecule has 0 heterocycles. The number of carboxylic acid groups (broad SMARTS) is 1. The number of carbonyl (C=O) groups is 2. The lowest BCUT2D eigenvalue weighted by molar-refractivity contribution is -0.306. The van der Waals surface area contributed by atoms with Crippen LogP contribution in [0.5, 0.6) is 0 Å². The van der Waals surface area contributed by atoms with Gasteiger partial charge in [0.25, 0.3) is 0 Å². The number of carboxylic acids is 1. The molecule has 0 unspecified atom stereocenters. The summed E-state index contributed by atoms with van der Waals surface area (Å²) in [5, 5.41) is 14.0. The standard InChI is InChI=1S/C19H27NO3/c1-13(2)14-8-10-15(11-9-14)17(12-18(21)22)20-19(23)16-6-4-3-5-7-16/h8-11,13,16-17H,3-7,12H2,1-2H3,(H,20,23)(H,21,22)/p-1/t17-/m0/s1. The lowest BCUT2D eigenvalue weighted by Crippen LogP contribution is -2.38. The minimum Gasteiger partial charge on any atom is -0.550 e. The second-order valence-corrected chi connectivity index (χ2v) is 6.79. The Morgan fingerprint density at radius 3 is 2.17 bits per heavy atom. The van der Waals surface area contributed by atoms with Crippen LogP contribution in [0.2, 0.25) is 0 Å². The van der Waals surface area contributed by atoms with Gasteiger partial charge in [0.15, 0.2) is 0 Å². The van der Waals surface area contributed by atoms with Gasteiger partial charge in [-0.15, -0.1) is 0 Å². The van der Waals surface area contributed by atoms with E-state index in [1.165, 1.54) is 12.0 Å². The first-order valence-corrected chi connectivity index (χ1v) is 8.57. The van der Waals surface area contributed by atoms with Crippen LogP contribution in [-0.2, 0) is 9.59 Å². The number of benzene rings is 1. The maximum Gasteiger partial charge on any atom is 0.223 e. The molecule has 0 aromatic heterocycles. The zero-order chi connectivity index (χ0) is 16.8. The van der Waals surface area contributed by atoms with Gasteiger partial charge >= 0.3 is 0 Å². The number of nitrogens with one attached hydrogen (secondary N) is 1. The predicted octanol–water partition coefficient (Wildman–Crippen LogP) is 2.69. The van der Waals surface area contributed by atoms with Crippen LogP contribution in [0.25, 0.3) is 0 Å². The molecule has 4 nitrogen and oxygen atoms in total. The fourth-order valence-electron chi connectivity index (χ4n) is 3.19. The molecule has 1 aliphatic rings. The molecule has 0 radical (unpaired) electrons. The van der Waals surface area contributed by atoms with E-state index in [9.17, 15) is 14.7 Å². The van der Waals surface area contributed by atoms with Crippen molar-refractivity contribution in [1.29, 1.82) is 0 Å². The van der Waals surface area contributed by atoms with Crippen molar-refractivity contribution in [2.24, 2.45) is 5.92 Å². The van der Waals surface area contributed by atoms with Gasteiger partial charge in [-0.1, -0.05) is 57.4 Å². The Balaban J connectivity index is 2.09. The van der Waals surface area contributed by atoms with Gasteiger partial charge in [-0.3, -0.25) is 4.79 Å². The summed E-state index contributed by atoms with van der Waals surface area (Å²) >= 11 is 0. The van der Waals surface area contributed by atoms with E-state index in [0.29, 0.717) is 5.92 Å². The summed E-state index contributed by atoms with van der Waals surface area (Å²) < 4.78 is 0. The van der Waals surface area contributed by atoms with Crippen LogP contribution < -0.4 is 10.4 Å². The average molecular weight is 316 g/mol. The molecule has 2 rings (SSSR count). The largest absolute Gasteiger partial charge is 0.550 e. The second kappa shape index (κ2) is 8.14. The fraction of sp³-hybridized carbons (Fsp3) is 0.579. The van der Waals surface area contributed by atoms with Crippen LogP contribution >= 0.6 is 0 Å². The van der Waals surface area contributed by atoms with Gasteiger partial charge in [-0.2, -0.15) is 0 Å².